The van der Waals surface area contributed by atoms with Crippen LogP contribution in [0.3, 0.4) is 0 Å². The van der Waals surface area contributed by atoms with Crippen molar-refractivity contribution in [1.29, 1.82) is 0 Å². The van der Waals surface area contributed by atoms with Gasteiger partial charge >= 0.3 is 6.03 Å². The van der Waals surface area contributed by atoms with Crippen molar-refractivity contribution in [2.45, 2.75) is 45.1 Å². The maximum atomic E-state index is 12.2. The lowest BCUT2D eigenvalue weighted by atomic mass is 9.76. The van der Waals surface area contributed by atoms with Crippen molar-refractivity contribution in [1.82, 2.24) is 9.80 Å². The summed E-state index contributed by atoms with van der Waals surface area (Å²) in [6, 6.07) is 0.0903. The third kappa shape index (κ3) is 2.92. The molecule has 4 nitrogen and oxygen atoms in total. The molecule has 0 unspecified atom stereocenters. The van der Waals surface area contributed by atoms with Crippen LogP contribution in [0.4, 0.5) is 4.79 Å². The Bertz CT molecular complexity index is 259. The van der Waals surface area contributed by atoms with Crippen LogP contribution in [0.1, 0.15) is 39.5 Å². The topological polar surface area (TPSA) is 49.6 Å². The lowest BCUT2D eigenvalue weighted by Crippen LogP contribution is -2.58. The summed E-state index contributed by atoms with van der Waals surface area (Å²) < 4.78 is 0. The highest BCUT2D eigenvalue weighted by Gasteiger charge is 2.39. The van der Waals surface area contributed by atoms with Crippen molar-refractivity contribution in [3.63, 3.8) is 0 Å². The van der Waals surface area contributed by atoms with Crippen LogP contribution in [-0.2, 0) is 0 Å². The monoisotopic (exact) mass is 241 g/mol. The highest BCUT2D eigenvalue weighted by Crippen LogP contribution is 2.35. The van der Waals surface area contributed by atoms with E-state index in [1.165, 1.54) is 12.8 Å². The van der Waals surface area contributed by atoms with Crippen LogP contribution >= 0.6 is 0 Å². The molecule has 0 radical (unpaired) electrons. The fourth-order valence-electron chi connectivity index (χ4n) is 2.57. The fraction of sp³-hybridized carbons (Fsp3) is 0.923. The van der Waals surface area contributed by atoms with Gasteiger partial charge in [0.2, 0.25) is 0 Å². The SMILES string of the molecule is CCN(C)C(=O)N(C)C1(CN)CCC(C)CC1. The van der Waals surface area contributed by atoms with E-state index < -0.39 is 0 Å². The quantitative estimate of drug-likeness (QED) is 0.820. The minimum atomic E-state index is -0.118. The summed E-state index contributed by atoms with van der Waals surface area (Å²) in [6.45, 7) is 5.57. The Kier molecular flexibility index (Phi) is 4.80. The van der Waals surface area contributed by atoms with Crippen LogP contribution in [0, 0.1) is 5.92 Å². The standard InChI is InChI=1S/C13H27N3O/c1-5-15(3)12(17)16(4)13(10-14)8-6-11(2)7-9-13/h11H,5-10,14H2,1-4H3. The highest BCUT2D eigenvalue weighted by atomic mass is 16.2. The Morgan fingerprint density at radius 3 is 2.29 bits per heavy atom. The van der Waals surface area contributed by atoms with Crippen molar-refractivity contribution in [2.75, 3.05) is 27.2 Å². The predicted octanol–water partition coefficient (Wildman–Crippen LogP) is 1.90. The second kappa shape index (κ2) is 5.71. The summed E-state index contributed by atoms with van der Waals surface area (Å²) in [5, 5.41) is 0. The van der Waals surface area contributed by atoms with Gasteiger partial charge in [-0.2, -0.15) is 0 Å². The van der Waals surface area contributed by atoms with Crippen molar-refractivity contribution in [3.05, 3.63) is 0 Å². The first kappa shape index (κ1) is 14.3. The van der Waals surface area contributed by atoms with E-state index >= 15 is 0 Å². The zero-order valence-corrected chi connectivity index (χ0v) is 11.7. The number of urea groups is 1. The fourth-order valence-corrected chi connectivity index (χ4v) is 2.57. The Hall–Kier alpha value is -0.770. The maximum absolute atomic E-state index is 12.2. The summed E-state index contributed by atoms with van der Waals surface area (Å²) in [6.07, 6.45) is 4.41. The lowest BCUT2D eigenvalue weighted by Gasteiger charge is -2.46. The molecule has 0 saturated heterocycles. The number of hydrogen-bond acceptors (Lipinski definition) is 2. The minimum absolute atomic E-state index is 0.0903. The van der Waals surface area contributed by atoms with Crippen LogP contribution in [0.25, 0.3) is 0 Å². The predicted molar refractivity (Wildman–Crippen MR) is 70.9 cm³/mol. The molecule has 0 aromatic heterocycles. The van der Waals surface area contributed by atoms with Gasteiger partial charge in [0.25, 0.3) is 0 Å². The van der Waals surface area contributed by atoms with Gasteiger partial charge in [-0.3, -0.25) is 0 Å². The smallest absolute Gasteiger partial charge is 0.319 e. The summed E-state index contributed by atoms with van der Waals surface area (Å²) in [4.78, 5) is 15.8. The van der Waals surface area contributed by atoms with Gasteiger partial charge < -0.3 is 15.5 Å². The second-order valence-electron chi connectivity index (χ2n) is 5.47. The molecule has 0 aliphatic heterocycles. The summed E-state index contributed by atoms with van der Waals surface area (Å²) in [5.41, 5.74) is 5.83. The molecule has 2 amide bonds. The number of carbonyl (C=O) groups is 1. The highest BCUT2D eigenvalue weighted by molar-refractivity contribution is 5.74. The average molecular weight is 241 g/mol. The third-order valence-corrected chi connectivity index (χ3v) is 4.38. The molecule has 100 valence electrons. The van der Waals surface area contributed by atoms with E-state index in [9.17, 15) is 4.79 Å². The van der Waals surface area contributed by atoms with E-state index in [4.69, 9.17) is 5.73 Å². The van der Waals surface area contributed by atoms with Gasteiger partial charge in [0.15, 0.2) is 0 Å². The van der Waals surface area contributed by atoms with Gasteiger partial charge in [-0.1, -0.05) is 6.92 Å². The van der Waals surface area contributed by atoms with E-state index in [1.54, 1.807) is 4.90 Å². The average Bonchev–Trinajstić information content (AvgIpc) is 2.37. The van der Waals surface area contributed by atoms with Gasteiger partial charge in [-0.25, -0.2) is 4.79 Å². The van der Waals surface area contributed by atoms with Gasteiger partial charge in [0, 0.05) is 27.2 Å². The molecule has 1 aliphatic carbocycles. The van der Waals surface area contributed by atoms with Crippen LogP contribution in [0.5, 0.6) is 0 Å². The van der Waals surface area contributed by atoms with Gasteiger partial charge in [-0.05, 0) is 38.5 Å². The van der Waals surface area contributed by atoms with E-state index in [0.717, 1.165) is 25.3 Å². The summed E-state index contributed by atoms with van der Waals surface area (Å²) in [7, 11) is 3.74. The van der Waals surface area contributed by atoms with Crippen molar-refractivity contribution >= 4 is 6.03 Å². The zero-order chi connectivity index (χ0) is 13.1. The number of carbonyl (C=O) groups excluding carboxylic acids is 1. The van der Waals surface area contributed by atoms with Crippen molar-refractivity contribution in [3.8, 4) is 0 Å². The number of hydrogen-bond donors (Lipinski definition) is 1. The van der Waals surface area contributed by atoms with E-state index in [-0.39, 0.29) is 11.6 Å². The molecule has 0 atom stereocenters. The third-order valence-electron chi connectivity index (χ3n) is 4.38. The van der Waals surface area contributed by atoms with Crippen molar-refractivity contribution < 1.29 is 4.79 Å². The van der Waals surface area contributed by atoms with Crippen LogP contribution in [0.15, 0.2) is 0 Å². The molecular weight excluding hydrogens is 214 g/mol. The molecule has 0 bridgehead atoms. The molecule has 17 heavy (non-hydrogen) atoms. The summed E-state index contributed by atoms with van der Waals surface area (Å²) in [5.74, 6) is 0.766. The molecule has 1 fully saturated rings. The molecule has 0 aromatic carbocycles. The minimum Gasteiger partial charge on any atom is -0.328 e. The number of nitrogens with two attached hydrogens (primary N) is 1. The lowest BCUT2D eigenvalue weighted by molar-refractivity contribution is 0.0744. The van der Waals surface area contributed by atoms with Crippen LogP contribution in [-0.4, -0.2) is 48.6 Å². The van der Waals surface area contributed by atoms with Crippen LogP contribution in [0.2, 0.25) is 0 Å². The molecule has 0 aromatic rings. The Morgan fingerprint density at radius 2 is 1.88 bits per heavy atom. The molecule has 1 saturated carbocycles. The van der Waals surface area contributed by atoms with Crippen molar-refractivity contribution in [2.24, 2.45) is 11.7 Å². The summed E-state index contributed by atoms with van der Waals surface area (Å²) >= 11 is 0. The molecule has 1 aliphatic rings. The molecule has 4 heteroatoms. The number of likely N-dealkylation sites (N-methyl/N-ethyl adjacent to an activating group) is 1. The maximum Gasteiger partial charge on any atom is 0.319 e. The zero-order valence-electron chi connectivity index (χ0n) is 11.7. The van der Waals surface area contributed by atoms with Gasteiger partial charge in [0.05, 0.1) is 5.54 Å². The Labute approximate surface area is 105 Å². The molecular formula is C13H27N3O. The van der Waals surface area contributed by atoms with E-state index in [2.05, 4.69) is 6.92 Å². The van der Waals surface area contributed by atoms with Crippen LogP contribution < -0.4 is 5.73 Å². The molecule has 1 rings (SSSR count). The molecule has 0 heterocycles. The first-order chi connectivity index (χ1) is 7.96. The largest absolute Gasteiger partial charge is 0.328 e. The second-order valence-corrected chi connectivity index (χ2v) is 5.47. The van der Waals surface area contributed by atoms with E-state index in [1.807, 2.05) is 25.9 Å². The normalized spacial score (nSPS) is 28.9. The Balaban J connectivity index is 2.76. The number of amides is 2. The van der Waals surface area contributed by atoms with Gasteiger partial charge in [-0.15, -0.1) is 0 Å². The number of rotatable bonds is 3. The number of nitrogens with zero attached hydrogens (tertiary/aromatic N) is 2. The molecule has 2 N–H and O–H groups in total. The van der Waals surface area contributed by atoms with Gasteiger partial charge in [0.1, 0.15) is 0 Å². The van der Waals surface area contributed by atoms with E-state index in [0.29, 0.717) is 6.54 Å². The molecule has 0 spiro atoms. The first-order valence-electron chi connectivity index (χ1n) is 6.66. The Morgan fingerprint density at radius 1 is 1.35 bits per heavy atom. The first-order valence-corrected chi connectivity index (χ1v) is 6.66.